The van der Waals surface area contributed by atoms with Crippen LogP contribution in [0.5, 0.6) is 5.75 Å². The molecule has 1 saturated heterocycles. The number of phenols is 1. The number of carbonyl (C=O) groups excluding carboxylic acids is 4. The number of aliphatic hydroxyl groups is 2. The van der Waals surface area contributed by atoms with Gasteiger partial charge in [0.2, 0.25) is 5.91 Å². The van der Waals surface area contributed by atoms with Crippen LogP contribution in [0.1, 0.15) is 78.8 Å². The van der Waals surface area contributed by atoms with E-state index in [4.69, 9.17) is 4.74 Å². The molecule has 2 aliphatic heterocycles. The second kappa shape index (κ2) is 11.0. The summed E-state index contributed by atoms with van der Waals surface area (Å²) in [6.45, 7) is 8.51. The fraction of sp³-hybridized carbons (Fsp3) is 0.419. The van der Waals surface area contributed by atoms with Crippen molar-refractivity contribution in [3.05, 3.63) is 75.5 Å². The number of cyclic esters (lactones) is 1. The van der Waals surface area contributed by atoms with Crippen LogP contribution in [0.4, 0.5) is 0 Å². The second-order valence-corrected chi connectivity index (χ2v) is 11.0. The van der Waals surface area contributed by atoms with Gasteiger partial charge in [-0.25, -0.2) is 4.79 Å². The Labute approximate surface area is 232 Å². The van der Waals surface area contributed by atoms with E-state index in [2.05, 4.69) is 5.32 Å². The third kappa shape index (κ3) is 5.07. The number of phenolic OH excluding ortho intramolecular Hbond substituents is 1. The molecule has 9 heteroatoms. The average molecular weight is 550 g/mol. The van der Waals surface area contributed by atoms with Crippen molar-refractivity contribution in [1.82, 2.24) is 5.32 Å². The van der Waals surface area contributed by atoms with Gasteiger partial charge in [0.15, 0.2) is 11.6 Å². The number of esters is 1. The molecule has 9 nitrogen and oxygen atoms in total. The van der Waals surface area contributed by atoms with Gasteiger partial charge in [0, 0.05) is 29.2 Å². The van der Waals surface area contributed by atoms with E-state index in [1.54, 1.807) is 39.0 Å². The Balaban J connectivity index is 1.93. The van der Waals surface area contributed by atoms with Crippen molar-refractivity contribution < 1.29 is 39.2 Å². The minimum atomic E-state index is -2.10. The summed E-state index contributed by atoms with van der Waals surface area (Å²) in [5.41, 5.74) is -1.44. The zero-order valence-corrected chi connectivity index (χ0v) is 23.3. The third-order valence-electron chi connectivity index (χ3n) is 7.76. The molecule has 0 spiro atoms. The number of rotatable bonds is 3. The lowest BCUT2D eigenvalue weighted by Crippen LogP contribution is -2.39. The number of allylic oxidation sites excluding steroid dienone is 3. The van der Waals surface area contributed by atoms with Crippen LogP contribution in [0, 0.1) is 18.8 Å². The van der Waals surface area contributed by atoms with Gasteiger partial charge < -0.3 is 25.4 Å². The van der Waals surface area contributed by atoms with Crippen LogP contribution in [0.3, 0.4) is 0 Å². The summed E-state index contributed by atoms with van der Waals surface area (Å²) in [5, 5.41) is 36.3. The second-order valence-electron chi connectivity index (χ2n) is 11.0. The number of benzene rings is 1. The third-order valence-corrected chi connectivity index (χ3v) is 7.76. The van der Waals surface area contributed by atoms with E-state index in [-0.39, 0.29) is 51.6 Å². The molecule has 40 heavy (non-hydrogen) atoms. The molecule has 1 amide bonds. The molecular formula is C31H35NO8. The Morgan fingerprint density at radius 1 is 1.18 bits per heavy atom. The molecule has 1 aliphatic carbocycles. The molecule has 1 aromatic carbocycles. The van der Waals surface area contributed by atoms with Crippen LogP contribution < -0.4 is 5.32 Å². The number of Topliss-reactive ketones (excluding diaryl/α,β-unsaturated/α-hetero) is 1. The zero-order valence-electron chi connectivity index (χ0n) is 23.3. The molecular weight excluding hydrogens is 514 g/mol. The Morgan fingerprint density at radius 2 is 1.88 bits per heavy atom. The van der Waals surface area contributed by atoms with Crippen molar-refractivity contribution in [3.8, 4) is 5.75 Å². The highest BCUT2D eigenvalue weighted by molar-refractivity contribution is 6.17. The lowest BCUT2D eigenvalue weighted by atomic mass is 9.72. The van der Waals surface area contributed by atoms with E-state index in [1.165, 1.54) is 19.1 Å². The summed E-state index contributed by atoms with van der Waals surface area (Å²) in [6, 6.07) is 1.40. The highest BCUT2D eigenvalue weighted by atomic mass is 16.6. The van der Waals surface area contributed by atoms with Crippen LogP contribution in [0.15, 0.2) is 53.3 Å². The largest absolute Gasteiger partial charge is 0.507 e. The first-order chi connectivity index (χ1) is 18.8. The number of hydrogen-bond donors (Lipinski definition) is 4. The quantitative estimate of drug-likeness (QED) is 0.331. The van der Waals surface area contributed by atoms with Crippen molar-refractivity contribution in [2.75, 3.05) is 0 Å². The maximum Gasteiger partial charge on any atom is 0.334 e. The topological polar surface area (TPSA) is 150 Å². The standard InChI is InChI=1S/C31H35NO8/c1-6-18-7-9-21(33)27-26-19(12-16(4)28(27)36)31(39)20(29(37)32-25(31)14-23(26)35)13-17(5)30(38)40-24(10-8-18)22(34)11-15(2)3/h8,10-14,18,20,22,24,34,36,39H,6-7,9H2,1-5H3,(H,32,37)/b10-8+,17-13-/t18-,20-,22+,24+,31-/m1/s1. The van der Waals surface area contributed by atoms with Crippen LogP contribution in [0.2, 0.25) is 0 Å². The smallest absolute Gasteiger partial charge is 0.334 e. The molecule has 2 heterocycles. The van der Waals surface area contributed by atoms with Crippen LogP contribution in [0.25, 0.3) is 0 Å². The summed E-state index contributed by atoms with van der Waals surface area (Å²) in [4.78, 5) is 53.1. The van der Waals surface area contributed by atoms with Crippen molar-refractivity contribution >= 4 is 23.4 Å². The van der Waals surface area contributed by atoms with Gasteiger partial charge >= 0.3 is 5.97 Å². The number of ether oxygens (including phenoxy) is 1. The van der Waals surface area contributed by atoms with Gasteiger partial charge in [-0.3, -0.25) is 14.4 Å². The number of aliphatic hydroxyl groups excluding tert-OH is 1. The van der Waals surface area contributed by atoms with E-state index in [9.17, 15) is 34.5 Å². The number of nitrogens with one attached hydrogen (secondary N) is 1. The minimum absolute atomic E-state index is 0.00186. The van der Waals surface area contributed by atoms with Gasteiger partial charge in [-0.1, -0.05) is 30.7 Å². The molecule has 0 radical (unpaired) electrons. The van der Waals surface area contributed by atoms with Gasteiger partial charge in [-0.05, 0) is 64.2 Å². The van der Waals surface area contributed by atoms with Crippen molar-refractivity contribution in [2.24, 2.45) is 11.8 Å². The number of carbonyl (C=O) groups is 4. The Kier molecular flexibility index (Phi) is 8.01. The van der Waals surface area contributed by atoms with Gasteiger partial charge in [-0.2, -0.15) is 0 Å². The van der Waals surface area contributed by atoms with Crippen LogP contribution in [-0.2, 0) is 19.9 Å². The molecule has 212 valence electrons. The Hall–Kier alpha value is -3.82. The van der Waals surface area contributed by atoms with Crippen molar-refractivity contribution in [1.29, 1.82) is 0 Å². The fourth-order valence-corrected chi connectivity index (χ4v) is 5.49. The lowest BCUT2D eigenvalue weighted by molar-refractivity contribution is -0.145. The fourth-order valence-electron chi connectivity index (χ4n) is 5.49. The predicted molar refractivity (Wildman–Crippen MR) is 146 cm³/mol. The first kappa shape index (κ1) is 29.2. The maximum atomic E-state index is 13.5. The summed E-state index contributed by atoms with van der Waals surface area (Å²) < 4.78 is 5.65. The van der Waals surface area contributed by atoms with E-state index < -0.39 is 47.2 Å². The molecule has 0 saturated carbocycles. The molecule has 4 bridgehead atoms. The van der Waals surface area contributed by atoms with E-state index in [0.717, 1.165) is 11.6 Å². The number of amides is 1. The predicted octanol–water partition coefficient (Wildman–Crippen LogP) is 3.46. The molecule has 1 fully saturated rings. The SMILES string of the molecule is CC[C@H]1/C=C/[C@@H]([C@@H](O)C=C(C)C)OC(=O)/C(C)=C\[C@@H]2C(=O)NC3=CC(=O)c4c(cc(C)c(O)c4C(=O)CC1)[C@]32O. The number of hydrogen-bond acceptors (Lipinski definition) is 8. The Morgan fingerprint density at radius 3 is 2.52 bits per heavy atom. The minimum Gasteiger partial charge on any atom is -0.507 e. The molecule has 5 atom stereocenters. The summed E-state index contributed by atoms with van der Waals surface area (Å²) in [6.07, 6.45) is 6.04. The highest BCUT2D eigenvalue weighted by Crippen LogP contribution is 2.49. The molecule has 4 rings (SSSR count). The zero-order chi connectivity index (χ0) is 29.5. The van der Waals surface area contributed by atoms with Crippen LogP contribution in [-0.4, -0.2) is 51.0 Å². The van der Waals surface area contributed by atoms with E-state index >= 15 is 0 Å². The van der Waals surface area contributed by atoms with Gasteiger partial charge in [-0.15, -0.1) is 0 Å². The monoisotopic (exact) mass is 549 g/mol. The lowest BCUT2D eigenvalue weighted by Gasteiger charge is -2.34. The van der Waals surface area contributed by atoms with Crippen molar-refractivity contribution in [2.45, 2.75) is 71.7 Å². The molecule has 3 aliphatic rings. The number of aryl methyl sites for hydroxylation is 1. The maximum absolute atomic E-state index is 13.5. The molecule has 0 aromatic heterocycles. The van der Waals surface area contributed by atoms with Crippen molar-refractivity contribution in [3.63, 3.8) is 0 Å². The number of ketones is 2. The van der Waals surface area contributed by atoms with Crippen LogP contribution >= 0.6 is 0 Å². The average Bonchev–Trinajstić information content (AvgIpc) is 3.12. The van der Waals surface area contributed by atoms with E-state index in [0.29, 0.717) is 12.8 Å². The first-order valence-corrected chi connectivity index (χ1v) is 13.4. The van der Waals surface area contributed by atoms with Gasteiger partial charge in [0.05, 0.1) is 17.2 Å². The summed E-state index contributed by atoms with van der Waals surface area (Å²) >= 11 is 0. The van der Waals surface area contributed by atoms with E-state index in [1.807, 2.05) is 6.92 Å². The summed E-state index contributed by atoms with van der Waals surface area (Å²) in [7, 11) is 0. The Bertz CT molecular complexity index is 1410. The summed E-state index contributed by atoms with van der Waals surface area (Å²) in [5.74, 6) is -4.39. The molecule has 1 aromatic rings. The molecule has 0 unspecified atom stereocenters. The highest BCUT2D eigenvalue weighted by Gasteiger charge is 2.55. The normalized spacial score (nSPS) is 29.5. The van der Waals surface area contributed by atoms with Gasteiger partial charge in [0.1, 0.15) is 23.6 Å². The molecule has 4 N–H and O–H groups in total. The first-order valence-electron chi connectivity index (χ1n) is 13.4. The van der Waals surface area contributed by atoms with Gasteiger partial charge in [0.25, 0.3) is 0 Å². The number of aromatic hydroxyl groups is 1.